The maximum absolute atomic E-state index is 13.7. The third-order valence-corrected chi connectivity index (χ3v) is 3.30. The maximum atomic E-state index is 13.7. The van der Waals surface area contributed by atoms with Crippen LogP contribution in [-0.4, -0.2) is 37.6 Å². The minimum atomic E-state index is -0.550. The van der Waals surface area contributed by atoms with Crippen LogP contribution in [0.15, 0.2) is 18.2 Å². The molecule has 0 spiro atoms. The van der Waals surface area contributed by atoms with Gasteiger partial charge in [-0.05, 0) is 25.2 Å². The highest BCUT2D eigenvalue weighted by atomic mass is 19.1. The molecule has 0 fully saturated rings. The molecule has 1 unspecified atom stereocenters. The normalized spacial score (nSPS) is 12.9. The number of halogens is 2. The summed E-state index contributed by atoms with van der Waals surface area (Å²) in [4.78, 5) is 2.23. The van der Waals surface area contributed by atoms with Crippen LogP contribution in [-0.2, 0) is 0 Å². The fraction of sp³-hybridized carbons (Fsp3) is 0.571. The second-order valence-electron chi connectivity index (χ2n) is 4.40. The standard InChI is InChI=1S/C14H23F2N3/c1-3-19(4-2)9-8-18-13(10-17)14-11(15)6-5-7-12(14)16/h5-7,13,18H,3-4,8-10,17H2,1-2H3. The van der Waals surface area contributed by atoms with Crippen molar-refractivity contribution in [1.82, 2.24) is 10.2 Å². The highest BCUT2D eigenvalue weighted by Gasteiger charge is 2.18. The average molecular weight is 271 g/mol. The quantitative estimate of drug-likeness (QED) is 0.759. The molecule has 0 radical (unpaired) electrons. The average Bonchev–Trinajstić information content (AvgIpc) is 2.41. The molecule has 1 rings (SSSR count). The van der Waals surface area contributed by atoms with Gasteiger partial charge in [-0.25, -0.2) is 8.78 Å². The van der Waals surface area contributed by atoms with Crippen molar-refractivity contribution in [2.45, 2.75) is 19.9 Å². The van der Waals surface area contributed by atoms with Crippen molar-refractivity contribution in [3.63, 3.8) is 0 Å². The van der Waals surface area contributed by atoms with Crippen LogP contribution in [0.4, 0.5) is 8.78 Å². The fourth-order valence-corrected chi connectivity index (χ4v) is 2.08. The van der Waals surface area contributed by atoms with Crippen LogP contribution in [0.2, 0.25) is 0 Å². The molecule has 1 aromatic rings. The summed E-state index contributed by atoms with van der Waals surface area (Å²) >= 11 is 0. The maximum Gasteiger partial charge on any atom is 0.130 e. The Balaban J connectivity index is 2.63. The molecule has 19 heavy (non-hydrogen) atoms. The summed E-state index contributed by atoms with van der Waals surface area (Å²) in [6, 6.07) is 3.38. The molecule has 5 heteroatoms. The topological polar surface area (TPSA) is 41.3 Å². The van der Waals surface area contributed by atoms with E-state index in [4.69, 9.17) is 5.73 Å². The van der Waals surface area contributed by atoms with E-state index in [1.54, 1.807) is 0 Å². The molecule has 0 amide bonds. The Labute approximate surface area is 113 Å². The summed E-state index contributed by atoms with van der Waals surface area (Å²) < 4.78 is 27.3. The van der Waals surface area contributed by atoms with Gasteiger partial charge in [-0.3, -0.25) is 0 Å². The lowest BCUT2D eigenvalue weighted by molar-refractivity contribution is 0.295. The molecular weight excluding hydrogens is 248 g/mol. The van der Waals surface area contributed by atoms with Crippen LogP contribution >= 0.6 is 0 Å². The number of nitrogens with one attached hydrogen (secondary N) is 1. The number of nitrogens with zero attached hydrogens (tertiary/aromatic N) is 1. The van der Waals surface area contributed by atoms with Gasteiger partial charge in [-0.15, -0.1) is 0 Å². The van der Waals surface area contributed by atoms with Gasteiger partial charge in [0.2, 0.25) is 0 Å². The van der Waals surface area contributed by atoms with Gasteiger partial charge in [-0.1, -0.05) is 19.9 Å². The smallest absolute Gasteiger partial charge is 0.130 e. The molecule has 1 aromatic carbocycles. The van der Waals surface area contributed by atoms with Crippen molar-refractivity contribution in [2.75, 3.05) is 32.7 Å². The third kappa shape index (κ3) is 4.53. The second-order valence-corrected chi connectivity index (χ2v) is 4.40. The second kappa shape index (κ2) is 8.19. The summed E-state index contributed by atoms with van der Waals surface area (Å²) in [5.74, 6) is -1.10. The highest BCUT2D eigenvalue weighted by Crippen LogP contribution is 2.19. The van der Waals surface area contributed by atoms with E-state index in [9.17, 15) is 8.78 Å². The van der Waals surface area contributed by atoms with Gasteiger partial charge in [0.15, 0.2) is 0 Å². The lowest BCUT2D eigenvalue weighted by atomic mass is 10.1. The van der Waals surface area contributed by atoms with E-state index in [0.717, 1.165) is 19.6 Å². The molecule has 0 aliphatic rings. The summed E-state index contributed by atoms with van der Waals surface area (Å²) in [7, 11) is 0. The molecule has 0 aromatic heterocycles. The SMILES string of the molecule is CCN(CC)CCNC(CN)c1c(F)cccc1F. The summed E-state index contributed by atoms with van der Waals surface area (Å²) in [6.45, 7) is 7.73. The van der Waals surface area contributed by atoms with Crippen LogP contribution in [0.1, 0.15) is 25.5 Å². The molecule has 0 aliphatic carbocycles. The van der Waals surface area contributed by atoms with E-state index in [1.807, 2.05) is 0 Å². The molecule has 0 bridgehead atoms. The molecular formula is C14H23F2N3. The van der Waals surface area contributed by atoms with E-state index < -0.39 is 17.7 Å². The first-order chi connectivity index (χ1) is 9.13. The van der Waals surface area contributed by atoms with Crippen molar-refractivity contribution in [3.05, 3.63) is 35.4 Å². The molecule has 108 valence electrons. The van der Waals surface area contributed by atoms with Crippen LogP contribution in [0.3, 0.4) is 0 Å². The molecule has 3 nitrogen and oxygen atoms in total. The van der Waals surface area contributed by atoms with Gasteiger partial charge < -0.3 is 16.0 Å². The summed E-state index contributed by atoms with van der Waals surface area (Å²) in [5.41, 5.74) is 5.65. The van der Waals surface area contributed by atoms with Crippen molar-refractivity contribution >= 4 is 0 Å². The van der Waals surface area contributed by atoms with Crippen LogP contribution in [0.5, 0.6) is 0 Å². The van der Waals surface area contributed by atoms with Crippen molar-refractivity contribution in [3.8, 4) is 0 Å². The lowest BCUT2D eigenvalue weighted by Gasteiger charge is -2.22. The number of hydrogen-bond donors (Lipinski definition) is 2. The van der Waals surface area contributed by atoms with Gasteiger partial charge in [0, 0.05) is 25.2 Å². The van der Waals surface area contributed by atoms with E-state index >= 15 is 0 Å². The Bertz CT molecular complexity index is 361. The van der Waals surface area contributed by atoms with Gasteiger partial charge in [-0.2, -0.15) is 0 Å². The highest BCUT2D eigenvalue weighted by molar-refractivity contribution is 5.23. The van der Waals surface area contributed by atoms with Crippen molar-refractivity contribution in [1.29, 1.82) is 0 Å². The number of hydrogen-bond acceptors (Lipinski definition) is 3. The third-order valence-electron chi connectivity index (χ3n) is 3.30. The molecule has 0 saturated carbocycles. The van der Waals surface area contributed by atoms with Crippen LogP contribution in [0, 0.1) is 11.6 Å². The van der Waals surface area contributed by atoms with Crippen LogP contribution in [0.25, 0.3) is 0 Å². The summed E-state index contributed by atoms with van der Waals surface area (Å²) in [5, 5.41) is 3.12. The van der Waals surface area contributed by atoms with E-state index in [2.05, 4.69) is 24.1 Å². The number of likely N-dealkylation sites (N-methyl/N-ethyl adjacent to an activating group) is 1. The van der Waals surface area contributed by atoms with Crippen LogP contribution < -0.4 is 11.1 Å². The van der Waals surface area contributed by atoms with Gasteiger partial charge in [0.05, 0.1) is 6.04 Å². The number of rotatable bonds is 8. The molecule has 0 aliphatic heterocycles. The van der Waals surface area contributed by atoms with Crippen molar-refractivity contribution < 1.29 is 8.78 Å². The predicted molar refractivity (Wildman–Crippen MR) is 73.9 cm³/mol. The lowest BCUT2D eigenvalue weighted by Crippen LogP contribution is -2.36. The van der Waals surface area contributed by atoms with Gasteiger partial charge in [0.25, 0.3) is 0 Å². The fourth-order valence-electron chi connectivity index (χ4n) is 2.08. The minimum Gasteiger partial charge on any atom is -0.329 e. The summed E-state index contributed by atoms with van der Waals surface area (Å²) in [6.07, 6.45) is 0. The zero-order chi connectivity index (χ0) is 14.3. The van der Waals surface area contributed by atoms with Gasteiger partial charge in [0.1, 0.15) is 11.6 Å². The van der Waals surface area contributed by atoms with E-state index in [1.165, 1.54) is 18.2 Å². The molecule has 1 atom stereocenters. The largest absolute Gasteiger partial charge is 0.329 e. The molecule has 3 N–H and O–H groups in total. The minimum absolute atomic E-state index is 0.0320. The Hall–Kier alpha value is -1.04. The Morgan fingerprint density at radius 3 is 2.26 bits per heavy atom. The van der Waals surface area contributed by atoms with Gasteiger partial charge >= 0.3 is 0 Å². The number of benzene rings is 1. The predicted octanol–water partition coefficient (Wildman–Crippen LogP) is 1.90. The molecule has 0 saturated heterocycles. The zero-order valence-electron chi connectivity index (χ0n) is 11.6. The Morgan fingerprint density at radius 1 is 1.21 bits per heavy atom. The Kier molecular flexibility index (Phi) is 6.91. The first-order valence-corrected chi connectivity index (χ1v) is 6.73. The van der Waals surface area contributed by atoms with Crippen molar-refractivity contribution in [2.24, 2.45) is 5.73 Å². The van der Waals surface area contributed by atoms with E-state index in [0.29, 0.717) is 6.54 Å². The van der Waals surface area contributed by atoms with E-state index in [-0.39, 0.29) is 12.1 Å². The first kappa shape index (κ1) is 16.0. The monoisotopic (exact) mass is 271 g/mol. The Morgan fingerprint density at radius 2 is 1.79 bits per heavy atom. The first-order valence-electron chi connectivity index (χ1n) is 6.73. The zero-order valence-corrected chi connectivity index (χ0v) is 11.6. The number of nitrogens with two attached hydrogens (primary N) is 1. The molecule has 0 heterocycles.